The van der Waals surface area contributed by atoms with Crippen LogP contribution in [0.15, 0.2) is 22.7 Å². The highest BCUT2D eigenvalue weighted by Crippen LogP contribution is 2.36. The lowest BCUT2D eigenvalue weighted by molar-refractivity contribution is 0.292. The monoisotopic (exact) mass is 473 g/mol. The summed E-state index contributed by atoms with van der Waals surface area (Å²) in [6.45, 7) is 4.96. The maximum Gasteiger partial charge on any atom is 0.145 e. The summed E-state index contributed by atoms with van der Waals surface area (Å²) in [4.78, 5) is 7.39. The molecule has 0 aliphatic carbocycles. The van der Waals surface area contributed by atoms with Crippen molar-refractivity contribution in [1.82, 2.24) is 14.5 Å². The Kier molecular flexibility index (Phi) is 4.17. The Morgan fingerprint density at radius 1 is 1.23 bits per heavy atom. The molecule has 4 rings (SSSR count). The van der Waals surface area contributed by atoms with Gasteiger partial charge in [0.15, 0.2) is 0 Å². The van der Waals surface area contributed by atoms with Gasteiger partial charge in [-0.3, -0.25) is 4.90 Å². The zero-order valence-electron chi connectivity index (χ0n) is 12.2. The van der Waals surface area contributed by atoms with Crippen molar-refractivity contribution in [3.63, 3.8) is 0 Å². The first-order valence-corrected chi connectivity index (χ1v) is 9.49. The highest BCUT2D eigenvalue weighted by atomic mass is 127. The van der Waals surface area contributed by atoms with E-state index in [9.17, 15) is 0 Å². The van der Waals surface area contributed by atoms with Crippen LogP contribution >= 0.6 is 38.5 Å². The van der Waals surface area contributed by atoms with Crippen molar-refractivity contribution in [2.24, 2.45) is 0 Å². The lowest BCUT2D eigenvalue weighted by Crippen LogP contribution is -2.22. The molecule has 0 radical (unpaired) electrons. The van der Waals surface area contributed by atoms with Crippen molar-refractivity contribution >= 4 is 38.5 Å². The Labute approximate surface area is 152 Å². The van der Waals surface area contributed by atoms with Crippen LogP contribution < -0.4 is 4.74 Å². The molecular weight excluding hydrogens is 457 g/mol. The highest BCUT2D eigenvalue weighted by molar-refractivity contribution is 14.1. The number of likely N-dealkylation sites (tertiary alicyclic amines) is 1. The van der Waals surface area contributed by atoms with Gasteiger partial charge in [-0.05, 0) is 66.7 Å². The van der Waals surface area contributed by atoms with E-state index < -0.39 is 0 Å². The van der Waals surface area contributed by atoms with Crippen LogP contribution in [0.25, 0.3) is 11.4 Å². The molecule has 1 aromatic carbocycles. The molecule has 0 N–H and O–H groups in total. The quantitative estimate of drug-likeness (QED) is 0.619. The first kappa shape index (κ1) is 15.0. The number of halogens is 2. The fourth-order valence-electron chi connectivity index (χ4n) is 3.26. The molecule has 0 spiro atoms. The molecule has 0 saturated carbocycles. The second kappa shape index (κ2) is 6.13. The molecule has 0 bridgehead atoms. The zero-order chi connectivity index (χ0) is 15.1. The topological polar surface area (TPSA) is 30.3 Å². The van der Waals surface area contributed by atoms with E-state index in [2.05, 4.69) is 54.1 Å². The maximum atomic E-state index is 5.91. The summed E-state index contributed by atoms with van der Waals surface area (Å²) in [5.41, 5.74) is 2.41. The number of fused-ring (bicyclic) bond motifs is 3. The molecule has 0 amide bonds. The molecule has 4 nitrogen and oxygen atoms in total. The van der Waals surface area contributed by atoms with Gasteiger partial charge in [0.05, 0.1) is 17.8 Å². The smallest absolute Gasteiger partial charge is 0.145 e. The van der Waals surface area contributed by atoms with Crippen molar-refractivity contribution in [1.29, 1.82) is 0 Å². The summed E-state index contributed by atoms with van der Waals surface area (Å²) in [5, 5.41) is 0. The van der Waals surface area contributed by atoms with Crippen LogP contribution in [0.5, 0.6) is 5.75 Å². The minimum atomic E-state index is 0.696. The molecule has 116 valence electrons. The van der Waals surface area contributed by atoms with Crippen molar-refractivity contribution in [3.8, 4) is 17.1 Å². The van der Waals surface area contributed by atoms with Crippen LogP contribution in [0.3, 0.4) is 0 Å². The summed E-state index contributed by atoms with van der Waals surface area (Å²) in [6, 6.07) is 6.15. The van der Waals surface area contributed by atoms with Crippen LogP contribution in [0.4, 0.5) is 0 Å². The van der Waals surface area contributed by atoms with E-state index in [4.69, 9.17) is 9.72 Å². The zero-order valence-corrected chi connectivity index (χ0v) is 15.9. The van der Waals surface area contributed by atoms with Crippen LogP contribution in [-0.4, -0.2) is 34.1 Å². The van der Waals surface area contributed by atoms with Gasteiger partial charge in [0.1, 0.15) is 21.9 Å². The Balaban J connectivity index is 1.78. The minimum Gasteiger partial charge on any atom is -0.491 e. The second-order valence-electron chi connectivity index (χ2n) is 5.80. The predicted octanol–water partition coefficient (Wildman–Crippen LogP) is 3.91. The van der Waals surface area contributed by atoms with Gasteiger partial charge in [0.25, 0.3) is 0 Å². The summed E-state index contributed by atoms with van der Waals surface area (Å²) in [7, 11) is 0. The Morgan fingerprint density at radius 3 is 2.86 bits per heavy atom. The minimum absolute atomic E-state index is 0.696. The van der Waals surface area contributed by atoms with Gasteiger partial charge in [-0.15, -0.1) is 0 Å². The SMILES string of the molecule is Brc1ccc2c(c1)-c1nc(I)c(CN3CCCC3)n1CCO2. The molecular formula is C16H17BrIN3O. The molecule has 2 aromatic rings. The molecule has 0 unspecified atom stereocenters. The summed E-state index contributed by atoms with van der Waals surface area (Å²) < 4.78 is 10.4. The third-order valence-electron chi connectivity index (χ3n) is 4.35. The van der Waals surface area contributed by atoms with E-state index >= 15 is 0 Å². The predicted molar refractivity (Wildman–Crippen MR) is 98.1 cm³/mol. The second-order valence-corrected chi connectivity index (χ2v) is 7.73. The van der Waals surface area contributed by atoms with Gasteiger partial charge in [-0.1, -0.05) is 15.9 Å². The average Bonchev–Trinajstić information content (AvgIpc) is 3.07. The Morgan fingerprint density at radius 2 is 2.05 bits per heavy atom. The normalized spacial score (nSPS) is 17.7. The Hall–Kier alpha value is -0.600. The first-order chi connectivity index (χ1) is 10.7. The lowest BCUT2D eigenvalue weighted by Gasteiger charge is -2.16. The van der Waals surface area contributed by atoms with E-state index in [0.717, 1.165) is 38.4 Å². The molecule has 22 heavy (non-hydrogen) atoms. The molecule has 1 fully saturated rings. The van der Waals surface area contributed by atoms with E-state index in [1.165, 1.54) is 31.6 Å². The fraction of sp³-hybridized carbons (Fsp3) is 0.438. The molecule has 1 aromatic heterocycles. The van der Waals surface area contributed by atoms with E-state index in [1.807, 2.05) is 12.1 Å². The molecule has 0 atom stereocenters. The van der Waals surface area contributed by atoms with Crippen LogP contribution in [0.2, 0.25) is 0 Å². The third kappa shape index (κ3) is 2.69. The first-order valence-electron chi connectivity index (χ1n) is 7.62. The lowest BCUT2D eigenvalue weighted by atomic mass is 10.2. The molecule has 2 aliphatic rings. The number of imidazole rings is 1. The largest absolute Gasteiger partial charge is 0.491 e. The maximum absolute atomic E-state index is 5.91. The van der Waals surface area contributed by atoms with E-state index in [1.54, 1.807) is 0 Å². The van der Waals surface area contributed by atoms with Gasteiger partial charge < -0.3 is 9.30 Å². The van der Waals surface area contributed by atoms with Crippen LogP contribution in [-0.2, 0) is 13.1 Å². The number of ether oxygens (including phenoxy) is 1. The Bertz CT molecular complexity index is 710. The molecule has 2 aliphatic heterocycles. The number of benzene rings is 1. The number of hydrogen-bond acceptors (Lipinski definition) is 3. The number of nitrogens with zero attached hydrogens (tertiary/aromatic N) is 3. The molecule has 3 heterocycles. The number of aromatic nitrogens is 2. The number of rotatable bonds is 2. The van der Waals surface area contributed by atoms with E-state index in [-0.39, 0.29) is 0 Å². The molecule has 6 heteroatoms. The number of hydrogen-bond donors (Lipinski definition) is 0. The molecule has 1 saturated heterocycles. The highest BCUT2D eigenvalue weighted by Gasteiger charge is 2.24. The summed E-state index contributed by atoms with van der Waals surface area (Å²) >= 11 is 5.94. The summed E-state index contributed by atoms with van der Waals surface area (Å²) in [5.74, 6) is 1.96. The van der Waals surface area contributed by atoms with Crippen LogP contribution in [0.1, 0.15) is 18.5 Å². The van der Waals surface area contributed by atoms with Gasteiger partial charge in [0, 0.05) is 11.0 Å². The van der Waals surface area contributed by atoms with Gasteiger partial charge in [0.2, 0.25) is 0 Å². The van der Waals surface area contributed by atoms with Gasteiger partial charge in [-0.2, -0.15) is 0 Å². The van der Waals surface area contributed by atoms with Gasteiger partial charge in [-0.25, -0.2) is 4.98 Å². The van der Waals surface area contributed by atoms with Crippen molar-refractivity contribution in [2.75, 3.05) is 19.7 Å². The van der Waals surface area contributed by atoms with E-state index in [0.29, 0.717) is 6.61 Å². The van der Waals surface area contributed by atoms with Crippen molar-refractivity contribution in [2.45, 2.75) is 25.9 Å². The van der Waals surface area contributed by atoms with Crippen molar-refractivity contribution in [3.05, 3.63) is 32.1 Å². The third-order valence-corrected chi connectivity index (χ3v) is 5.71. The van der Waals surface area contributed by atoms with Crippen LogP contribution in [0, 0.1) is 3.70 Å². The summed E-state index contributed by atoms with van der Waals surface area (Å²) in [6.07, 6.45) is 2.63. The standard InChI is InChI=1S/C16H17BrIN3O/c17-11-3-4-14-12(9-11)16-19-15(18)13(21(16)7-8-22-14)10-20-5-1-2-6-20/h3-4,9H,1-2,5-8,10H2. The van der Waals surface area contributed by atoms with Crippen molar-refractivity contribution < 1.29 is 4.74 Å². The fourth-order valence-corrected chi connectivity index (χ4v) is 4.31. The average molecular weight is 474 g/mol. The van der Waals surface area contributed by atoms with Gasteiger partial charge >= 0.3 is 0 Å².